The van der Waals surface area contributed by atoms with Gasteiger partial charge in [-0.05, 0) is 57.9 Å². The normalized spacial score (nSPS) is 11.8. The summed E-state index contributed by atoms with van der Waals surface area (Å²) in [6.45, 7) is 9.02. The number of fused-ring (bicyclic) bond motifs is 1. The molecule has 0 saturated carbocycles. The maximum atomic E-state index is 13.1. The first-order chi connectivity index (χ1) is 16.7. The van der Waals surface area contributed by atoms with Gasteiger partial charge in [0.2, 0.25) is 0 Å². The molecule has 1 N–H and O–H groups in total. The molecule has 0 aliphatic rings. The van der Waals surface area contributed by atoms with Crippen molar-refractivity contribution in [1.82, 2.24) is 0 Å². The van der Waals surface area contributed by atoms with E-state index in [1.54, 1.807) is 19.1 Å². The monoisotopic (exact) mass is 469 g/mol. The van der Waals surface area contributed by atoms with E-state index < -0.39 is 18.0 Å². The summed E-state index contributed by atoms with van der Waals surface area (Å²) in [5.41, 5.74) is 4.81. The third-order valence-corrected chi connectivity index (χ3v) is 5.98. The van der Waals surface area contributed by atoms with E-state index in [0.29, 0.717) is 17.0 Å². The molecule has 1 aromatic heterocycles. The maximum Gasteiger partial charge on any atom is 0.342 e. The van der Waals surface area contributed by atoms with Gasteiger partial charge in [-0.25, -0.2) is 4.79 Å². The minimum atomic E-state index is -1.07. The Bertz CT molecular complexity index is 1480. The van der Waals surface area contributed by atoms with E-state index in [0.717, 1.165) is 22.3 Å². The van der Waals surface area contributed by atoms with Crippen molar-refractivity contribution in [3.63, 3.8) is 0 Å². The Balaban J connectivity index is 1.64. The second-order valence-corrected chi connectivity index (χ2v) is 8.74. The van der Waals surface area contributed by atoms with E-state index in [2.05, 4.69) is 5.32 Å². The smallest absolute Gasteiger partial charge is 0.342 e. The van der Waals surface area contributed by atoms with Gasteiger partial charge >= 0.3 is 5.97 Å². The molecule has 1 unspecified atom stereocenters. The van der Waals surface area contributed by atoms with Crippen molar-refractivity contribution in [2.45, 2.75) is 40.7 Å². The number of nitrogens with one attached hydrogen (secondary N) is 1. The topological polar surface area (TPSA) is 85.6 Å². The van der Waals surface area contributed by atoms with Crippen LogP contribution in [0.5, 0.6) is 0 Å². The van der Waals surface area contributed by atoms with Crippen molar-refractivity contribution in [2.24, 2.45) is 0 Å². The highest BCUT2D eigenvalue weighted by molar-refractivity contribution is 6.04. The molecular weight excluding hydrogens is 442 g/mol. The van der Waals surface area contributed by atoms with Crippen LogP contribution in [0.3, 0.4) is 0 Å². The lowest BCUT2D eigenvalue weighted by Gasteiger charge is -2.17. The molecule has 0 bridgehead atoms. The van der Waals surface area contributed by atoms with E-state index in [4.69, 9.17) is 9.15 Å². The van der Waals surface area contributed by atoms with E-state index in [9.17, 15) is 14.4 Å². The minimum Gasteiger partial charge on any atom is -0.455 e. The first-order valence-electron chi connectivity index (χ1n) is 11.4. The van der Waals surface area contributed by atoms with Crippen molar-refractivity contribution in [3.05, 3.63) is 98.7 Å². The summed E-state index contributed by atoms with van der Waals surface area (Å²) in [4.78, 5) is 38.9. The number of esters is 1. The fraction of sp³-hybridized carbons (Fsp3) is 0.207. The molecule has 0 radical (unpaired) electrons. The number of amides is 1. The Morgan fingerprint density at radius 2 is 1.57 bits per heavy atom. The molecule has 6 heteroatoms. The van der Waals surface area contributed by atoms with Gasteiger partial charge in [-0.3, -0.25) is 9.59 Å². The summed E-state index contributed by atoms with van der Waals surface area (Å²) in [5, 5.41) is 3.13. The van der Waals surface area contributed by atoms with Crippen LogP contribution in [0, 0.1) is 27.7 Å². The number of ether oxygens (including phenoxy) is 1. The van der Waals surface area contributed by atoms with Gasteiger partial charge in [-0.1, -0.05) is 54.1 Å². The molecule has 0 aliphatic carbocycles. The molecule has 6 nitrogen and oxygen atoms in total. The number of rotatable bonds is 5. The lowest BCUT2D eigenvalue weighted by molar-refractivity contribution is -0.123. The SMILES string of the molecule is Cc1cc(C)c(NC(=O)C(C)OC(=O)c2cccc3c(=O)c(C)c(-c4ccccc4)oc23)c(C)c1. The van der Waals surface area contributed by atoms with Gasteiger partial charge in [0.15, 0.2) is 17.1 Å². The average Bonchev–Trinajstić information content (AvgIpc) is 2.83. The number of benzene rings is 3. The van der Waals surface area contributed by atoms with E-state index >= 15 is 0 Å². The zero-order valence-corrected chi connectivity index (χ0v) is 20.4. The molecule has 3 aromatic carbocycles. The zero-order valence-electron chi connectivity index (χ0n) is 20.4. The van der Waals surface area contributed by atoms with Gasteiger partial charge in [0.25, 0.3) is 5.91 Å². The van der Waals surface area contributed by atoms with Crippen LogP contribution in [0.1, 0.15) is 39.5 Å². The largest absolute Gasteiger partial charge is 0.455 e. The minimum absolute atomic E-state index is 0.0825. The van der Waals surface area contributed by atoms with Crippen molar-refractivity contribution in [1.29, 1.82) is 0 Å². The Labute approximate surface area is 203 Å². The standard InChI is InChI=1S/C29H27NO5/c1-16-14-17(2)24(18(3)15-16)30-28(32)20(5)34-29(33)23-13-9-12-22-25(31)19(4)26(35-27(22)23)21-10-7-6-8-11-21/h6-15,20H,1-5H3,(H,30,32). The fourth-order valence-corrected chi connectivity index (χ4v) is 4.21. The second-order valence-electron chi connectivity index (χ2n) is 8.74. The summed E-state index contributed by atoms with van der Waals surface area (Å²) in [5.74, 6) is -0.808. The molecule has 0 saturated heterocycles. The molecular formula is C29H27NO5. The number of hydrogen-bond donors (Lipinski definition) is 1. The molecule has 4 rings (SSSR count). The van der Waals surface area contributed by atoms with Crippen LogP contribution < -0.4 is 10.7 Å². The van der Waals surface area contributed by atoms with Crippen LogP contribution in [0.2, 0.25) is 0 Å². The fourth-order valence-electron chi connectivity index (χ4n) is 4.21. The number of aryl methyl sites for hydroxylation is 3. The molecule has 35 heavy (non-hydrogen) atoms. The Kier molecular flexibility index (Phi) is 6.56. The maximum absolute atomic E-state index is 13.1. The zero-order chi connectivity index (χ0) is 25.3. The predicted octanol–water partition coefficient (Wildman–Crippen LogP) is 5.88. The first kappa shape index (κ1) is 24.0. The highest BCUT2D eigenvalue weighted by Gasteiger charge is 2.24. The van der Waals surface area contributed by atoms with Crippen LogP contribution in [0.4, 0.5) is 5.69 Å². The van der Waals surface area contributed by atoms with Crippen LogP contribution in [-0.2, 0) is 9.53 Å². The molecule has 4 aromatic rings. The summed E-state index contributed by atoms with van der Waals surface area (Å²) >= 11 is 0. The Morgan fingerprint density at radius 1 is 0.914 bits per heavy atom. The van der Waals surface area contributed by atoms with E-state index in [1.807, 2.05) is 63.2 Å². The molecule has 178 valence electrons. The lowest BCUT2D eigenvalue weighted by Crippen LogP contribution is -2.30. The average molecular weight is 470 g/mol. The van der Waals surface area contributed by atoms with Gasteiger partial charge < -0.3 is 14.5 Å². The highest BCUT2D eigenvalue weighted by Crippen LogP contribution is 2.28. The van der Waals surface area contributed by atoms with Gasteiger partial charge in [-0.2, -0.15) is 0 Å². The van der Waals surface area contributed by atoms with E-state index in [-0.39, 0.29) is 22.0 Å². The third-order valence-electron chi connectivity index (χ3n) is 5.98. The second kappa shape index (κ2) is 9.58. The van der Waals surface area contributed by atoms with Crippen molar-refractivity contribution in [3.8, 4) is 11.3 Å². The molecule has 0 spiro atoms. The lowest BCUT2D eigenvalue weighted by atomic mass is 10.0. The molecule has 1 heterocycles. The summed E-state index contributed by atoms with van der Waals surface area (Å²) in [6, 6.07) is 17.9. The molecule has 1 atom stereocenters. The van der Waals surface area contributed by atoms with Gasteiger partial charge in [0.05, 0.1) is 5.39 Å². The molecule has 1 amide bonds. The summed E-state index contributed by atoms with van der Waals surface area (Å²) in [6.07, 6.45) is -1.07. The van der Waals surface area contributed by atoms with Crippen LogP contribution in [0.15, 0.2) is 69.9 Å². The van der Waals surface area contributed by atoms with Crippen LogP contribution in [0.25, 0.3) is 22.3 Å². The Hall–Kier alpha value is -4.19. The number of para-hydroxylation sites is 1. The van der Waals surface area contributed by atoms with Gasteiger partial charge in [0, 0.05) is 16.8 Å². The number of carbonyl (C=O) groups is 2. The van der Waals surface area contributed by atoms with Crippen LogP contribution >= 0.6 is 0 Å². The first-order valence-corrected chi connectivity index (χ1v) is 11.4. The predicted molar refractivity (Wildman–Crippen MR) is 137 cm³/mol. The van der Waals surface area contributed by atoms with Gasteiger partial charge in [-0.15, -0.1) is 0 Å². The van der Waals surface area contributed by atoms with Crippen molar-refractivity contribution in [2.75, 3.05) is 5.32 Å². The molecule has 0 fully saturated rings. The third kappa shape index (κ3) is 4.73. The molecule has 0 aliphatic heterocycles. The van der Waals surface area contributed by atoms with Crippen molar-refractivity contribution < 1.29 is 18.7 Å². The summed E-state index contributed by atoms with van der Waals surface area (Å²) in [7, 11) is 0. The van der Waals surface area contributed by atoms with Gasteiger partial charge in [0.1, 0.15) is 11.3 Å². The highest BCUT2D eigenvalue weighted by atomic mass is 16.5. The number of anilines is 1. The van der Waals surface area contributed by atoms with Crippen molar-refractivity contribution >= 4 is 28.5 Å². The number of hydrogen-bond acceptors (Lipinski definition) is 5. The quantitative estimate of drug-likeness (QED) is 0.369. The van der Waals surface area contributed by atoms with Crippen LogP contribution in [-0.4, -0.2) is 18.0 Å². The number of carbonyl (C=O) groups excluding carboxylic acids is 2. The summed E-state index contributed by atoms with van der Waals surface area (Å²) < 4.78 is 11.6. The Morgan fingerprint density at radius 3 is 2.23 bits per heavy atom. The van der Waals surface area contributed by atoms with E-state index in [1.165, 1.54) is 13.0 Å².